The minimum atomic E-state index is -0.478. The lowest BCUT2D eigenvalue weighted by Gasteiger charge is -2.36. The van der Waals surface area contributed by atoms with Crippen LogP contribution in [0.4, 0.5) is 5.00 Å². The lowest BCUT2D eigenvalue weighted by atomic mass is 9.69. The molecule has 34 heavy (non-hydrogen) atoms. The molecule has 6 heteroatoms. The van der Waals surface area contributed by atoms with Gasteiger partial charge in [-0.1, -0.05) is 63.1 Å². The second-order valence-electron chi connectivity index (χ2n) is 10.2. The van der Waals surface area contributed by atoms with Crippen LogP contribution < -0.4 is 10.6 Å². The van der Waals surface area contributed by atoms with Gasteiger partial charge in [-0.3, -0.25) is 4.79 Å². The lowest BCUT2D eigenvalue weighted by Crippen LogP contribution is -2.38. The van der Waals surface area contributed by atoms with Crippen LogP contribution in [0.3, 0.4) is 0 Å². The van der Waals surface area contributed by atoms with Crippen molar-refractivity contribution in [3.8, 4) is 5.75 Å². The summed E-state index contributed by atoms with van der Waals surface area (Å²) < 4.78 is 0. The summed E-state index contributed by atoms with van der Waals surface area (Å²) in [5.74, 6) is 0.741. The Kier molecular flexibility index (Phi) is 6.11. The van der Waals surface area contributed by atoms with Gasteiger partial charge < -0.3 is 15.7 Å². The van der Waals surface area contributed by atoms with Crippen molar-refractivity contribution in [2.75, 3.05) is 5.32 Å². The summed E-state index contributed by atoms with van der Waals surface area (Å²) in [6.07, 6.45) is 4.44. The maximum absolute atomic E-state index is 13.2. The van der Waals surface area contributed by atoms with Crippen LogP contribution in [-0.4, -0.2) is 11.0 Å². The highest BCUT2D eigenvalue weighted by Crippen LogP contribution is 2.47. The molecule has 1 aromatic heterocycles. The molecule has 1 aliphatic heterocycles. The summed E-state index contributed by atoms with van der Waals surface area (Å²) in [6, 6.07) is 13.3. The molecule has 0 saturated heterocycles. The minimum Gasteiger partial charge on any atom is -0.508 e. The van der Waals surface area contributed by atoms with E-state index in [1.54, 1.807) is 17.4 Å². The minimum absolute atomic E-state index is 0.0552. The number of phenolic OH excluding ortho intramolecular Hbond substituents is 1. The molecule has 5 rings (SSSR count). The van der Waals surface area contributed by atoms with Gasteiger partial charge in [0.1, 0.15) is 16.9 Å². The Labute approximate surface area is 210 Å². The van der Waals surface area contributed by atoms with Crippen molar-refractivity contribution in [2.24, 2.45) is 11.3 Å². The van der Waals surface area contributed by atoms with Gasteiger partial charge in [0, 0.05) is 15.5 Å². The van der Waals surface area contributed by atoms with E-state index in [1.165, 1.54) is 10.4 Å². The first-order valence-corrected chi connectivity index (χ1v) is 13.2. The number of carbonyl (C=O) groups is 1. The Hall–Kier alpha value is -2.50. The number of phenols is 1. The van der Waals surface area contributed by atoms with Gasteiger partial charge in [-0.2, -0.15) is 0 Å². The van der Waals surface area contributed by atoms with Crippen LogP contribution in [0.2, 0.25) is 5.02 Å². The zero-order valence-electron chi connectivity index (χ0n) is 19.9. The average molecular weight is 495 g/mol. The van der Waals surface area contributed by atoms with Gasteiger partial charge in [0.2, 0.25) is 0 Å². The normalized spacial score (nSPS) is 19.7. The van der Waals surface area contributed by atoms with E-state index in [9.17, 15) is 9.90 Å². The van der Waals surface area contributed by atoms with Crippen molar-refractivity contribution in [3.05, 3.63) is 80.2 Å². The van der Waals surface area contributed by atoms with E-state index < -0.39 is 6.17 Å². The van der Waals surface area contributed by atoms with Crippen molar-refractivity contribution >= 4 is 33.8 Å². The van der Waals surface area contributed by atoms with E-state index in [0.717, 1.165) is 52.4 Å². The summed E-state index contributed by atoms with van der Waals surface area (Å²) in [4.78, 5) is 14.6. The smallest absolute Gasteiger partial charge is 0.256 e. The fourth-order valence-electron chi connectivity index (χ4n) is 5.22. The molecule has 1 amide bonds. The quantitative estimate of drug-likeness (QED) is 0.354. The Balaban J connectivity index is 1.42. The third-order valence-electron chi connectivity index (χ3n) is 7.81. The van der Waals surface area contributed by atoms with Gasteiger partial charge in [0.15, 0.2) is 0 Å². The van der Waals surface area contributed by atoms with Crippen LogP contribution in [0.1, 0.15) is 77.3 Å². The number of hydrogen-bond donors (Lipinski definition) is 3. The number of nitrogens with one attached hydrogen (secondary N) is 2. The van der Waals surface area contributed by atoms with Crippen molar-refractivity contribution in [1.82, 2.24) is 5.32 Å². The molecule has 178 valence electrons. The summed E-state index contributed by atoms with van der Waals surface area (Å²) in [5, 5.41) is 18.9. The van der Waals surface area contributed by atoms with Gasteiger partial charge in [-0.15, -0.1) is 11.3 Å². The number of anilines is 1. The first-order chi connectivity index (χ1) is 16.3. The van der Waals surface area contributed by atoms with E-state index in [4.69, 9.17) is 11.6 Å². The number of fused-ring (bicyclic) bond motifs is 3. The predicted molar refractivity (Wildman–Crippen MR) is 140 cm³/mol. The second kappa shape index (κ2) is 8.94. The molecule has 0 radical (unpaired) electrons. The summed E-state index contributed by atoms with van der Waals surface area (Å²) in [5.41, 5.74) is 5.03. The third kappa shape index (κ3) is 4.20. The molecule has 0 saturated carbocycles. The van der Waals surface area contributed by atoms with Crippen LogP contribution in [0.25, 0.3) is 0 Å². The van der Waals surface area contributed by atoms with E-state index >= 15 is 0 Å². The molecule has 2 aliphatic rings. The highest BCUT2D eigenvalue weighted by molar-refractivity contribution is 7.16. The molecular weight excluding hydrogens is 464 g/mol. The van der Waals surface area contributed by atoms with E-state index in [1.807, 2.05) is 36.4 Å². The van der Waals surface area contributed by atoms with Crippen LogP contribution >= 0.6 is 22.9 Å². The number of amides is 1. The molecule has 3 aromatic rings. The molecule has 0 spiro atoms. The number of rotatable bonds is 5. The first kappa shape index (κ1) is 23.3. The van der Waals surface area contributed by atoms with E-state index in [2.05, 4.69) is 31.4 Å². The number of thiophene rings is 1. The summed E-state index contributed by atoms with van der Waals surface area (Å²) in [7, 11) is 0. The first-order valence-electron chi connectivity index (χ1n) is 12.0. The van der Waals surface area contributed by atoms with Crippen LogP contribution in [0.5, 0.6) is 5.75 Å². The molecular formula is C28H31ClN2O2S. The topological polar surface area (TPSA) is 61.4 Å². The van der Waals surface area contributed by atoms with Crippen molar-refractivity contribution in [2.45, 2.75) is 59.0 Å². The average Bonchev–Trinajstić information content (AvgIpc) is 3.20. The van der Waals surface area contributed by atoms with Gasteiger partial charge in [-0.05, 0) is 71.9 Å². The fourth-order valence-corrected chi connectivity index (χ4v) is 6.77. The number of carbonyl (C=O) groups excluding carboxylic acids is 1. The number of aromatic hydroxyl groups is 1. The van der Waals surface area contributed by atoms with Crippen LogP contribution in [0.15, 0.2) is 42.5 Å². The third-order valence-corrected chi connectivity index (χ3v) is 9.37. The largest absolute Gasteiger partial charge is 0.508 e. The molecule has 1 aliphatic carbocycles. The second-order valence-corrected chi connectivity index (χ2v) is 11.7. The summed E-state index contributed by atoms with van der Waals surface area (Å²) >= 11 is 8.06. The van der Waals surface area contributed by atoms with Crippen molar-refractivity contribution in [1.29, 1.82) is 0 Å². The van der Waals surface area contributed by atoms with Crippen molar-refractivity contribution < 1.29 is 9.90 Å². The van der Waals surface area contributed by atoms with Crippen molar-refractivity contribution in [3.63, 3.8) is 0 Å². The molecule has 2 aromatic carbocycles. The van der Waals surface area contributed by atoms with E-state index in [-0.39, 0.29) is 11.7 Å². The molecule has 3 N–H and O–H groups in total. The monoisotopic (exact) mass is 494 g/mol. The Morgan fingerprint density at radius 3 is 2.74 bits per heavy atom. The predicted octanol–water partition coefficient (Wildman–Crippen LogP) is 7.09. The standard InChI is InChI=1S/C28H31ClN2O2S/c1-4-28(2,3)18-10-11-19-23(15-18)34-27-24(19)26(33)30-25(31-27)20-14-16(9-12-22(20)32)13-17-7-5-6-8-21(17)29/h5-9,12,14,18,25,31-32H,4,10-11,13,15H2,1-3H3,(H,30,33)/t18-,25+/m0/s1. The molecule has 2 heterocycles. The van der Waals surface area contributed by atoms with Gasteiger partial charge in [0.25, 0.3) is 5.91 Å². The zero-order chi connectivity index (χ0) is 24.0. The zero-order valence-corrected chi connectivity index (χ0v) is 21.4. The van der Waals surface area contributed by atoms with Crippen LogP contribution in [-0.2, 0) is 19.3 Å². The molecule has 2 atom stereocenters. The van der Waals surface area contributed by atoms with E-state index in [0.29, 0.717) is 23.3 Å². The lowest BCUT2D eigenvalue weighted by molar-refractivity contribution is 0.0934. The van der Waals surface area contributed by atoms with Crippen LogP contribution in [0, 0.1) is 11.3 Å². The Bertz CT molecular complexity index is 1250. The summed E-state index contributed by atoms with van der Waals surface area (Å²) in [6.45, 7) is 6.98. The maximum Gasteiger partial charge on any atom is 0.256 e. The highest BCUT2D eigenvalue weighted by atomic mass is 35.5. The Morgan fingerprint density at radius 1 is 1.18 bits per heavy atom. The SMILES string of the molecule is CCC(C)(C)[C@H]1CCc2c(sc3c2C(=O)N[C@@H](c2cc(Cc4ccccc4Cl)ccc2O)N3)C1. The number of hydrogen-bond acceptors (Lipinski definition) is 4. The highest BCUT2D eigenvalue weighted by Gasteiger charge is 2.37. The molecule has 0 unspecified atom stereocenters. The number of benzene rings is 2. The van der Waals surface area contributed by atoms with Gasteiger partial charge in [0.05, 0.1) is 5.56 Å². The van der Waals surface area contributed by atoms with Gasteiger partial charge >= 0.3 is 0 Å². The molecule has 4 nitrogen and oxygen atoms in total. The molecule has 0 bridgehead atoms. The maximum atomic E-state index is 13.2. The molecule has 0 fully saturated rings. The number of halogens is 1. The fraction of sp³-hybridized carbons (Fsp3) is 0.393. The Morgan fingerprint density at radius 2 is 1.97 bits per heavy atom. The van der Waals surface area contributed by atoms with Gasteiger partial charge in [-0.25, -0.2) is 0 Å².